The number of sulfone groups is 1. The second-order valence-electron chi connectivity index (χ2n) is 4.78. The topological polar surface area (TPSA) is 64.0 Å². The van der Waals surface area contributed by atoms with Gasteiger partial charge in [0.15, 0.2) is 9.84 Å². The van der Waals surface area contributed by atoms with Gasteiger partial charge in [0, 0.05) is 19.3 Å². The van der Waals surface area contributed by atoms with Crippen LogP contribution >= 0.6 is 0 Å². The van der Waals surface area contributed by atoms with Gasteiger partial charge in [-0.25, -0.2) is 8.42 Å². The summed E-state index contributed by atoms with van der Waals surface area (Å²) in [7, 11) is -0.853. The maximum Gasteiger partial charge on any atom is 0.150 e. The molecule has 0 aliphatic carbocycles. The van der Waals surface area contributed by atoms with Gasteiger partial charge >= 0.3 is 0 Å². The van der Waals surface area contributed by atoms with Crippen LogP contribution in [0.5, 0.6) is 0 Å². The van der Waals surface area contributed by atoms with Crippen LogP contribution in [0.15, 0.2) is 12.3 Å². The standard InChI is InChI=1S/C11H19N3O2S/c1-9(11-3-5-13-14(11)2)12-7-10-4-6-17(15,16)8-10/h3,5,9-10,12H,4,6-8H2,1-2H3. The van der Waals surface area contributed by atoms with E-state index >= 15 is 0 Å². The summed E-state index contributed by atoms with van der Waals surface area (Å²) < 4.78 is 24.5. The molecule has 2 rings (SSSR count). The van der Waals surface area contributed by atoms with E-state index < -0.39 is 9.84 Å². The molecule has 0 spiro atoms. The molecular formula is C11H19N3O2S. The quantitative estimate of drug-likeness (QED) is 0.853. The first-order chi connectivity index (χ1) is 7.98. The molecule has 5 nitrogen and oxygen atoms in total. The largest absolute Gasteiger partial charge is 0.309 e. The van der Waals surface area contributed by atoms with Gasteiger partial charge in [-0.15, -0.1) is 0 Å². The smallest absolute Gasteiger partial charge is 0.150 e. The molecule has 1 aromatic heterocycles. The lowest BCUT2D eigenvalue weighted by atomic mass is 10.1. The SMILES string of the molecule is CC(NCC1CCS(=O)(=O)C1)c1ccnn1C. The molecule has 2 heterocycles. The van der Waals surface area contributed by atoms with Gasteiger partial charge in [0.05, 0.1) is 17.2 Å². The molecule has 6 heteroatoms. The lowest BCUT2D eigenvalue weighted by Gasteiger charge is -2.16. The fourth-order valence-electron chi connectivity index (χ4n) is 2.29. The number of nitrogens with one attached hydrogen (secondary N) is 1. The minimum Gasteiger partial charge on any atom is -0.309 e. The molecule has 1 aromatic rings. The molecule has 2 unspecified atom stereocenters. The second-order valence-corrected chi connectivity index (χ2v) is 7.01. The molecule has 0 saturated carbocycles. The Morgan fingerprint density at radius 3 is 2.94 bits per heavy atom. The number of aryl methyl sites for hydroxylation is 1. The van der Waals surface area contributed by atoms with Crippen LogP contribution in [0.3, 0.4) is 0 Å². The van der Waals surface area contributed by atoms with Crippen molar-refractivity contribution in [3.8, 4) is 0 Å². The Morgan fingerprint density at radius 1 is 1.65 bits per heavy atom. The van der Waals surface area contributed by atoms with E-state index in [9.17, 15) is 8.42 Å². The highest BCUT2D eigenvalue weighted by Gasteiger charge is 2.27. The van der Waals surface area contributed by atoms with Gasteiger partial charge in [-0.05, 0) is 31.9 Å². The fraction of sp³-hybridized carbons (Fsp3) is 0.727. The average Bonchev–Trinajstić information content (AvgIpc) is 2.81. The van der Waals surface area contributed by atoms with E-state index in [1.165, 1.54) is 0 Å². The van der Waals surface area contributed by atoms with E-state index in [4.69, 9.17) is 0 Å². The molecule has 96 valence electrons. The predicted octanol–water partition coefficient (Wildman–Crippen LogP) is 0.505. The van der Waals surface area contributed by atoms with Crippen LogP contribution in [-0.4, -0.2) is 36.2 Å². The zero-order chi connectivity index (χ0) is 12.5. The van der Waals surface area contributed by atoms with Gasteiger partial charge < -0.3 is 5.32 Å². The maximum atomic E-state index is 11.3. The molecule has 1 aliphatic rings. The van der Waals surface area contributed by atoms with E-state index in [0.29, 0.717) is 11.5 Å². The Hall–Kier alpha value is -0.880. The predicted molar refractivity (Wildman–Crippen MR) is 66.4 cm³/mol. The highest BCUT2D eigenvalue weighted by molar-refractivity contribution is 7.91. The molecule has 1 N–H and O–H groups in total. The summed E-state index contributed by atoms with van der Waals surface area (Å²) in [6, 6.07) is 2.18. The van der Waals surface area contributed by atoms with Crippen molar-refractivity contribution < 1.29 is 8.42 Å². The van der Waals surface area contributed by atoms with Crippen LogP contribution in [0.25, 0.3) is 0 Å². The fourth-order valence-corrected chi connectivity index (χ4v) is 4.15. The highest BCUT2D eigenvalue weighted by Crippen LogP contribution is 2.19. The minimum atomic E-state index is -2.76. The second kappa shape index (κ2) is 4.78. The lowest BCUT2D eigenvalue weighted by Crippen LogP contribution is -2.27. The van der Waals surface area contributed by atoms with Crippen molar-refractivity contribution >= 4 is 9.84 Å². The Kier molecular flexibility index (Phi) is 3.53. The summed E-state index contributed by atoms with van der Waals surface area (Å²) in [5.41, 5.74) is 1.12. The van der Waals surface area contributed by atoms with Crippen molar-refractivity contribution in [3.05, 3.63) is 18.0 Å². The monoisotopic (exact) mass is 257 g/mol. The first-order valence-electron chi connectivity index (χ1n) is 5.89. The third-order valence-electron chi connectivity index (χ3n) is 3.34. The van der Waals surface area contributed by atoms with Crippen molar-refractivity contribution in [3.63, 3.8) is 0 Å². The number of rotatable bonds is 4. The molecule has 17 heavy (non-hydrogen) atoms. The molecule has 0 bridgehead atoms. The average molecular weight is 257 g/mol. The normalized spacial score (nSPS) is 24.9. The Bertz CT molecular complexity index is 481. The molecular weight excluding hydrogens is 238 g/mol. The van der Waals surface area contributed by atoms with E-state index in [2.05, 4.69) is 17.3 Å². The van der Waals surface area contributed by atoms with Gasteiger partial charge in [0.1, 0.15) is 0 Å². The molecule has 1 saturated heterocycles. The number of hydrogen-bond donors (Lipinski definition) is 1. The van der Waals surface area contributed by atoms with Crippen LogP contribution in [-0.2, 0) is 16.9 Å². The zero-order valence-electron chi connectivity index (χ0n) is 10.3. The number of nitrogens with zero attached hydrogens (tertiary/aromatic N) is 2. The zero-order valence-corrected chi connectivity index (χ0v) is 11.1. The van der Waals surface area contributed by atoms with Crippen molar-refractivity contribution in [2.45, 2.75) is 19.4 Å². The lowest BCUT2D eigenvalue weighted by molar-refractivity contribution is 0.459. The van der Waals surface area contributed by atoms with E-state index in [1.807, 2.05) is 17.8 Å². The minimum absolute atomic E-state index is 0.200. The van der Waals surface area contributed by atoms with E-state index in [-0.39, 0.29) is 12.0 Å². The molecule has 2 atom stereocenters. The summed E-state index contributed by atoms with van der Waals surface area (Å²) in [6.07, 6.45) is 2.56. The third kappa shape index (κ3) is 3.07. The molecule has 1 aliphatic heterocycles. The van der Waals surface area contributed by atoms with Crippen LogP contribution in [0.1, 0.15) is 25.1 Å². The number of aromatic nitrogens is 2. The summed E-state index contributed by atoms with van der Waals surface area (Å²) in [5, 5.41) is 7.50. The van der Waals surface area contributed by atoms with Gasteiger partial charge in [-0.1, -0.05) is 0 Å². The molecule has 0 amide bonds. The van der Waals surface area contributed by atoms with E-state index in [1.54, 1.807) is 6.20 Å². The van der Waals surface area contributed by atoms with Crippen molar-refractivity contribution in [1.82, 2.24) is 15.1 Å². The van der Waals surface area contributed by atoms with Gasteiger partial charge in [-0.2, -0.15) is 5.10 Å². The molecule has 0 radical (unpaired) electrons. The van der Waals surface area contributed by atoms with Crippen LogP contribution in [0, 0.1) is 5.92 Å². The van der Waals surface area contributed by atoms with Crippen LogP contribution < -0.4 is 5.32 Å². The highest BCUT2D eigenvalue weighted by atomic mass is 32.2. The van der Waals surface area contributed by atoms with Crippen molar-refractivity contribution in [2.75, 3.05) is 18.1 Å². The third-order valence-corrected chi connectivity index (χ3v) is 5.18. The summed E-state index contributed by atoms with van der Waals surface area (Å²) in [5.74, 6) is 0.938. The van der Waals surface area contributed by atoms with Gasteiger partial charge in [0.2, 0.25) is 0 Å². The number of hydrogen-bond acceptors (Lipinski definition) is 4. The maximum absolute atomic E-state index is 11.3. The van der Waals surface area contributed by atoms with Crippen LogP contribution in [0.4, 0.5) is 0 Å². The van der Waals surface area contributed by atoms with E-state index in [0.717, 1.165) is 18.7 Å². The first kappa shape index (κ1) is 12.6. The summed E-state index contributed by atoms with van der Waals surface area (Å²) in [4.78, 5) is 0. The molecule has 1 fully saturated rings. The first-order valence-corrected chi connectivity index (χ1v) is 7.72. The van der Waals surface area contributed by atoms with Crippen molar-refractivity contribution in [1.29, 1.82) is 0 Å². The Labute approximate surface area is 102 Å². The summed E-state index contributed by atoms with van der Waals surface area (Å²) in [6.45, 7) is 2.83. The molecule has 0 aromatic carbocycles. The Morgan fingerprint density at radius 2 is 2.41 bits per heavy atom. The van der Waals surface area contributed by atoms with Gasteiger partial charge in [-0.3, -0.25) is 4.68 Å². The van der Waals surface area contributed by atoms with Gasteiger partial charge in [0.25, 0.3) is 0 Å². The van der Waals surface area contributed by atoms with Crippen LogP contribution in [0.2, 0.25) is 0 Å². The van der Waals surface area contributed by atoms with Crippen molar-refractivity contribution in [2.24, 2.45) is 13.0 Å². The Balaban J connectivity index is 1.85. The summed E-state index contributed by atoms with van der Waals surface area (Å²) >= 11 is 0.